The van der Waals surface area contributed by atoms with E-state index in [-0.39, 0.29) is 6.42 Å². The van der Waals surface area contributed by atoms with Gasteiger partial charge in [-0.1, -0.05) is 13.8 Å². The fraction of sp³-hybridized carbons (Fsp3) is 0.714. The van der Waals surface area contributed by atoms with E-state index >= 15 is 0 Å². The van der Waals surface area contributed by atoms with Gasteiger partial charge in [0.15, 0.2) is 0 Å². The van der Waals surface area contributed by atoms with Gasteiger partial charge < -0.3 is 10.4 Å². The van der Waals surface area contributed by atoms with Gasteiger partial charge in [-0.15, -0.1) is 0 Å². The number of aliphatic carboxylic acids is 1. The zero-order valence-corrected chi connectivity index (χ0v) is 14.0. The number of aromatic nitrogens is 2. The number of halogens is 1. The molecule has 0 amide bonds. The molecule has 0 aliphatic heterocycles. The van der Waals surface area contributed by atoms with Crippen molar-refractivity contribution in [3.05, 3.63) is 15.9 Å². The Hall–Kier alpha value is -0.880. The van der Waals surface area contributed by atoms with Crippen molar-refractivity contribution in [2.45, 2.75) is 46.1 Å². The lowest BCUT2D eigenvalue weighted by molar-refractivity contribution is -0.137. The summed E-state index contributed by atoms with van der Waals surface area (Å²) in [5.41, 5.74) is 2.24. The monoisotopic (exact) mass is 345 g/mol. The van der Waals surface area contributed by atoms with Crippen molar-refractivity contribution in [1.29, 1.82) is 0 Å². The maximum absolute atomic E-state index is 10.5. The minimum Gasteiger partial charge on any atom is -0.481 e. The van der Waals surface area contributed by atoms with Crippen LogP contribution in [0.3, 0.4) is 0 Å². The summed E-state index contributed by atoms with van der Waals surface area (Å²) in [5, 5.41) is 16.5. The molecule has 0 fully saturated rings. The molecule has 0 saturated carbocycles. The van der Waals surface area contributed by atoms with Gasteiger partial charge in [0.25, 0.3) is 0 Å². The molecular weight excluding hydrogens is 322 g/mol. The Balaban J connectivity index is 2.31. The van der Waals surface area contributed by atoms with Crippen molar-refractivity contribution in [2.24, 2.45) is 13.0 Å². The Morgan fingerprint density at radius 1 is 1.50 bits per heavy atom. The standard InChI is InChI=1S/C14H24BrN3O2/c1-4-11-14(15)12(18(3)17-11)9-16-8-7-10(2)5-6-13(19)20/h10,16H,4-9H2,1-3H3,(H,19,20). The maximum atomic E-state index is 10.5. The van der Waals surface area contributed by atoms with Gasteiger partial charge in [0.1, 0.15) is 0 Å². The van der Waals surface area contributed by atoms with Crippen molar-refractivity contribution in [3.8, 4) is 0 Å². The molecule has 1 aromatic rings. The molecule has 1 rings (SSSR count). The molecule has 20 heavy (non-hydrogen) atoms. The van der Waals surface area contributed by atoms with Crippen LogP contribution in [0.4, 0.5) is 0 Å². The first-order valence-electron chi connectivity index (χ1n) is 7.08. The predicted molar refractivity (Wildman–Crippen MR) is 82.6 cm³/mol. The van der Waals surface area contributed by atoms with E-state index < -0.39 is 5.97 Å². The number of carboxylic acid groups (broad SMARTS) is 1. The molecule has 0 aliphatic rings. The van der Waals surface area contributed by atoms with Crippen LogP contribution in [0.5, 0.6) is 0 Å². The zero-order valence-electron chi connectivity index (χ0n) is 12.4. The number of hydrogen-bond donors (Lipinski definition) is 2. The number of aryl methyl sites for hydroxylation is 2. The molecular formula is C14H24BrN3O2. The molecule has 1 aromatic heterocycles. The molecule has 0 radical (unpaired) electrons. The second-order valence-electron chi connectivity index (χ2n) is 5.19. The number of hydrogen-bond acceptors (Lipinski definition) is 3. The summed E-state index contributed by atoms with van der Waals surface area (Å²) < 4.78 is 3.00. The van der Waals surface area contributed by atoms with Gasteiger partial charge in [-0.25, -0.2) is 0 Å². The smallest absolute Gasteiger partial charge is 0.303 e. The van der Waals surface area contributed by atoms with Gasteiger partial charge in [-0.05, 0) is 47.7 Å². The van der Waals surface area contributed by atoms with Crippen LogP contribution in [0.15, 0.2) is 4.47 Å². The summed E-state index contributed by atoms with van der Waals surface area (Å²) in [6.07, 6.45) is 2.91. The molecule has 0 aromatic carbocycles. The van der Waals surface area contributed by atoms with Crippen LogP contribution in [0, 0.1) is 5.92 Å². The molecule has 1 atom stereocenters. The number of carboxylic acids is 1. The molecule has 114 valence electrons. The Morgan fingerprint density at radius 2 is 2.20 bits per heavy atom. The van der Waals surface area contributed by atoms with Crippen LogP contribution in [0.25, 0.3) is 0 Å². The molecule has 1 unspecified atom stereocenters. The van der Waals surface area contributed by atoms with Gasteiger partial charge in [0.05, 0.1) is 15.9 Å². The van der Waals surface area contributed by atoms with Crippen LogP contribution in [-0.4, -0.2) is 27.4 Å². The highest BCUT2D eigenvalue weighted by Gasteiger charge is 2.12. The molecule has 5 nitrogen and oxygen atoms in total. The third-order valence-electron chi connectivity index (χ3n) is 3.46. The second-order valence-corrected chi connectivity index (χ2v) is 5.98. The van der Waals surface area contributed by atoms with Gasteiger partial charge in [-0.3, -0.25) is 9.48 Å². The van der Waals surface area contributed by atoms with E-state index in [1.54, 1.807) is 0 Å². The average molecular weight is 346 g/mol. The Labute approximate surface area is 128 Å². The molecule has 0 aliphatic carbocycles. The number of carbonyl (C=O) groups is 1. The van der Waals surface area contributed by atoms with Gasteiger partial charge in [0, 0.05) is 20.0 Å². The highest BCUT2D eigenvalue weighted by atomic mass is 79.9. The molecule has 1 heterocycles. The quantitative estimate of drug-likeness (QED) is 0.675. The van der Waals surface area contributed by atoms with Crippen LogP contribution >= 0.6 is 15.9 Å². The Morgan fingerprint density at radius 3 is 2.75 bits per heavy atom. The predicted octanol–water partition coefficient (Wildman–Crippen LogP) is 2.73. The van der Waals surface area contributed by atoms with E-state index in [2.05, 4.69) is 40.2 Å². The van der Waals surface area contributed by atoms with E-state index in [4.69, 9.17) is 5.11 Å². The number of rotatable bonds is 9. The fourth-order valence-corrected chi connectivity index (χ4v) is 2.84. The SMILES string of the molecule is CCc1nn(C)c(CNCCC(C)CCC(=O)O)c1Br. The lowest BCUT2D eigenvalue weighted by atomic mass is 10.0. The van der Waals surface area contributed by atoms with E-state index in [1.165, 1.54) is 0 Å². The van der Waals surface area contributed by atoms with Gasteiger partial charge in [-0.2, -0.15) is 5.10 Å². The van der Waals surface area contributed by atoms with Gasteiger partial charge >= 0.3 is 5.97 Å². The van der Waals surface area contributed by atoms with Crippen molar-refractivity contribution in [1.82, 2.24) is 15.1 Å². The normalized spacial score (nSPS) is 12.6. The van der Waals surface area contributed by atoms with E-state index in [0.717, 1.165) is 48.2 Å². The number of nitrogens with one attached hydrogen (secondary N) is 1. The maximum Gasteiger partial charge on any atom is 0.303 e. The fourth-order valence-electron chi connectivity index (χ4n) is 2.08. The third kappa shape index (κ3) is 5.25. The van der Waals surface area contributed by atoms with Crippen LogP contribution < -0.4 is 5.32 Å². The first-order valence-corrected chi connectivity index (χ1v) is 7.87. The van der Waals surface area contributed by atoms with Crippen LogP contribution in [-0.2, 0) is 24.8 Å². The van der Waals surface area contributed by atoms with Crippen LogP contribution in [0.2, 0.25) is 0 Å². The first-order chi connectivity index (χ1) is 9.45. The van der Waals surface area contributed by atoms with Crippen molar-refractivity contribution >= 4 is 21.9 Å². The summed E-state index contributed by atoms with van der Waals surface area (Å²) >= 11 is 3.60. The highest BCUT2D eigenvalue weighted by Crippen LogP contribution is 2.21. The topological polar surface area (TPSA) is 67.2 Å². The summed E-state index contributed by atoms with van der Waals surface area (Å²) in [7, 11) is 1.95. The summed E-state index contributed by atoms with van der Waals surface area (Å²) in [5.74, 6) is -0.282. The lowest BCUT2D eigenvalue weighted by Crippen LogP contribution is -2.19. The second kappa shape index (κ2) is 8.42. The van der Waals surface area contributed by atoms with Crippen molar-refractivity contribution < 1.29 is 9.90 Å². The molecule has 0 bridgehead atoms. The average Bonchev–Trinajstić information content (AvgIpc) is 2.67. The number of nitrogens with zero attached hydrogens (tertiary/aromatic N) is 2. The highest BCUT2D eigenvalue weighted by molar-refractivity contribution is 9.10. The minimum absolute atomic E-state index is 0.258. The Bertz CT molecular complexity index is 446. The summed E-state index contributed by atoms with van der Waals surface area (Å²) in [6.45, 7) is 5.85. The Kier molecular flexibility index (Phi) is 7.23. The molecule has 0 saturated heterocycles. The largest absolute Gasteiger partial charge is 0.481 e. The van der Waals surface area contributed by atoms with Crippen molar-refractivity contribution in [2.75, 3.05) is 6.54 Å². The van der Waals surface area contributed by atoms with E-state index in [9.17, 15) is 4.79 Å². The minimum atomic E-state index is -0.712. The zero-order chi connectivity index (χ0) is 15.1. The molecule has 0 spiro atoms. The van der Waals surface area contributed by atoms with Crippen molar-refractivity contribution in [3.63, 3.8) is 0 Å². The van der Waals surface area contributed by atoms with Gasteiger partial charge in [0.2, 0.25) is 0 Å². The third-order valence-corrected chi connectivity index (χ3v) is 4.38. The first kappa shape index (κ1) is 17.2. The lowest BCUT2D eigenvalue weighted by Gasteiger charge is -2.11. The summed E-state index contributed by atoms with van der Waals surface area (Å²) in [4.78, 5) is 10.5. The molecule has 6 heteroatoms. The molecule has 2 N–H and O–H groups in total. The van der Waals surface area contributed by atoms with E-state index in [0.29, 0.717) is 5.92 Å². The van der Waals surface area contributed by atoms with Crippen LogP contribution in [0.1, 0.15) is 44.5 Å². The summed E-state index contributed by atoms with van der Waals surface area (Å²) in [6, 6.07) is 0. The van der Waals surface area contributed by atoms with E-state index in [1.807, 2.05) is 11.7 Å².